The van der Waals surface area contributed by atoms with Gasteiger partial charge in [-0.25, -0.2) is 4.57 Å². The summed E-state index contributed by atoms with van der Waals surface area (Å²) in [5.74, 6) is -3.15. The van der Waals surface area contributed by atoms with Crippen molar-refractivity contribution in [1.82, 2.24) is 20.4 Å². The van der Waals surface area contributed by atoms with E-state index in [4.69, 9.17) is 25.3 Å². The molecule has 2 fully saturated rings. The normalized spacial score (nSPS) is 20.1. The summed E-state index contributed by atoms with van der Waals surface area (Å²) in [6.07, 6.45) is 4.06. The lowest BCUT2D eigenvalue weighted by Crippen LogP contribution is -2.56. The maximum absolute atomic E-state index is 15.0. The Labute approximate surface area is 349 Å². The van der Waals surface area contributed by atoms with Crippen molar-refractivity contribution >= 4 is 43.2 Å². The first kappa shape index (κ1) is 43.7. The smallest absolute Gasteiger partial charge is 0.452 e. The molecule has 16 nitrogen and oxygen atoms in total. The number of likely N-dealkylation sites (tertiary alicyclic amines) is 1. The van der Waals surface area contributed by atoms with Crippen LogP contribution in [0.25, 0.3) is 0 Å². The molecule has 3 aromatic rings. The van der Waals surface area contributed by atoms with Crippen LogP contribution in [0.5, 0.6) is 11.5 Å². The molecule has 0 bridgehead atoms. The van der Waals surface area contributed by atoms with Crippen LogP contribution >= 0.6 is 7.60 Å². The number of esters is 1. The maximum Gasteiger partial charge on any atom is 0.452 e. The molecule has 1 saturated carbocycles. The SMILES string of the molecule is COC(=O)CCC(=O)N1Cc2ccccc2C[C@H]1C(=O)NCC(=O)N1C2CCCCC2C[C@H]1C(=O)NC(CCCN=C(N)N)P(=O)(Oc1ccccc1)Oc1ccccc1. The van der Waals surface area contributed by atoms with Gasteiger partial charge in [-0.05, 0) is 73.4 Å². The van der Waals surface area contributed by atoms with Crippen molar-refractivity contribution in [3.8, 4) is 11.5 Å². The number of fused-ring (bicyclic) bond motifs is 2. The summed E-state index contributed by atoms with van der Waals surface area (Å²) in [6, 6.07) is 22.4. The van der Waals surface area contributed by atoms with E-state index >= 15 is 4.57 Å². The summed E-state index contributed by atoms with van der Waals surface area (Å²) in [4.78, 5) is 75.2. The molecule has 2 aliphatic heterocycles. The van der Waals surface area contributed by atoms with E-state index < -0.39 is 55.7 Å². The number of rotatable bonds is 17. The van der Waals surface area contributed by atoms with E-state index in [0.29, 0.717) is 19.3 Å². The van der Waals surface area contributed by atoms with Gasteiger partial charge in [0.15, 0.2) is 11.7 Å². The molecular weight excluding hydrogens is 789 g/mol. The highest BCUT2D eigenvalue weighted by molar-refractivity contribution is 7.55. The fourth-order valence-corrected chi connectivity index (χ4v) is 10.3. The highest BCUT2D eigenvalue weighted by Gasteiger charge is 2.49. The molecule has 6 N–H and O–H groups in total. The molecule has 17 heteroatoms. The van der Waals surface area contributed by atoms with E-state index in [1.165, 1.54) is 12.0 Å². The predicted molar refractivity (Wildman–Crippen MR) is 223 cm³/mol. The highest BCUT2D eigenvalue weighted by atomic mass is 31.2. The number of nitrogens with one attached hydrogen (secondary N) is 2. The Balaban J connectivity index is 1.22. The van der Waals surface area contributed by atoms with Gasteiger partial charge in [-0.15, -0.1) is 0 Å². The fraction of sp³-hybridized carbons (Fsp3) is 0.442. The number of amides is 4. The van der Waals surface area contributed by atoms with E-state index in [-0.39, 0.29) is 74.1 Å². The number of methoxy groups -OCH3 is 1. The van der Waals surface area contributed by atoms with Crippen molar-refractivity contribution in [2.24, 2.45) is 22.4 Å². The van der Waals surface area contributed by atoms with Crippen LogP contribution in [0.3, 0.4) is 0 Å². The molecule has 3 aromatic carbocycles. The van der Waals surface area contributed by atoms with Gasteiger partial charge in [-0.1, -0.05) is 73.5 Å². The zero-order valence-corrected chi connectivity index (χ0v) is 34.7. The lowest BCUT2D eigenvalue weighted by molar-refractivity contribution is -0.147. The van der Waals surface area contributed by atoms with Crippen molar-refractivity contribution in [3.05, 3.63) is 96.1 Å². The van der Waals surface area contributed by atoms with Gasteiger partial charge >= 0.3 is 13.6 Å². The molecule has 3 aliphatic rings. The molecule has 0 spiro atoms. The van der Waals surface area contributed by atoms with Gasteiger partial charge in [0.05, 0.1) is 20.1 Å². The minimum Gasteiger partial charge on any atom is -0.469 e. The monoisotopic (exact) mass is 843 g/mol. The Morgan fingerprint density at radius 2 is 1.45 bits per heavy atom. The number of guanidine groups is 1. The number of carbonyl (C=O) groups is 5. The standard InChI is InChI=1S/C43H54N7O9P/c1-57-40(53)23-22-38(51)49-28-31-15-9-8-13-29(31)25-35(49)41(54)47-27-39(52)50-34-20-11-10-14-30(34)26-36(50)42(55)48-37(21-12-24-46-43(44)45)60(56,58-32-16-4-2-5-17-32)59-33-18-6-3-7-19-33/h2-9,13,15-19,30,34-37H,10-12,14,20-28H2,1H3,(H,47,54)(H,48,55)(H4,44,45,46)/t30?,34?,35-,36-,37?/m0/s1. The number of aliphatic imine (C=N–C) groups is 1. The third-order valence-electron chi connectivity index (χ3n) is 11.3. The highest BCUT2D eigenvalue weighted by Crippen LogP contribution is 2.53. The van der Waals surface area contributed by atoms with Crippen molar-refractivity contribution in [3.63, 3.8) is 0 Å². The number of hydrogen-bond donors (Lipinski definition) is 4. The number of hydrogen-bond acceptors (Lipinski definition) is 10. The maximum atomic E-state index is 15.0. The second kappa shape index (κ2) is 20.4. The van der Waals surface area contributed by atoms with E-state index in [0.717, 1.165) is 30.4 Å². The van der Waals surface area contributed by atoms with E-state index in [1.807, 2.05) is 24.3 Å². The topological polar surface area (TPSA) is 225 Å². The number of para-hydroxylation sites is 2. The lowest BCUT2D eigenvalue weighted by atomic mass is 9.84. The van der Waals surface area contributed by atoms with E-state index in [9.17, 15) is 24.0 Å². The van der Waals surface area contributed by atoms with Crippen LogP contribution in [0, 0.1) is 5.92 Å². The average Bonchev–Trinajstić information content (AvgIpc) is 3.65. The Morgan fingerprint density at radius 3 is 2.10 bits per heavy atom. The Hall–Kier alpha value is -5.89. The second-order valence-corrected chi connectivity index (χ2v) is 17.4. The second-order valence-electron chi connectivity index (χ2n) is 15.3. The van der Waals surface area contributed by atoms with Gasteiger partial charge in [-0.2, -0.15) is 0 Å². The number of nitrogens with two attached hydrogens (primary N) is 2. The minimum atomic E-state index is -4.26. The van der Waals surface area contributed by atoms with Gasteiger partial charge in [0.25, 0.3) is 0 Å². The first-order valence-electron chi connectivity index (χ1n) is 20.4. The van der Waals surface area contributed by atoms with Crippen LogP contribution in [0.15, 0.2) is 89.9 Å². The van der Waals surface area contributed by atoms with Crippen LogP contribution < -0.4 is 31.1 Å². The first-order chi connectivity index (χ1) is 29.0. The molecule has 0 radical (unpaired) electrons. The average molecular weight is 844 g/mol. The largest absolute Gasteiger partial charge is 0.469 e. The van der Waals surface area contributed by atoms with Gasteiger partial charge in [0.2, 0.25) is 23.6 Å². The molecular formula is C43H54N7O9P. The van der Waals surface area contributed by atoms with Crippen molar-refractivity contribution < 1.29 is 42.3 Å². The zero-order chi connectivity index (χ0) is 42.6. The summed E-state index contributed by atoms with van der Waals surface area (Å²) in [6.45, 7) is -0.0632. The number of carbonyl (C=O) groups excluding carboxylic acids is 5. The van der Waals surface area contributed by atoms with Gasteiger partial charge in [0, 0.05) is 32.0 Å². The summed E-state index contributed by atoms with van der Waals surface area (Å²) in [5.41, 5.74) is 12.9. The van der Waals surface area contributed by atoms with Crippen molar-refractivity contribution in [1.29, 1.82) is 0 Å². The molecule has 1 saturated heterocycles. The number of nitrogens with zero attached hydrogens (tertiary/aromatic N) is 3. The first-order valence-corrected chi connectivity index (χ1v) is 22.0. The Bertz CT molecular complexity index is 2020. The third kappa shape index (κ3) is 11.0. The quantitative estimate of drug-likeness (QED) is 0.0499. The Kier molecular flexibility index (Phi) is 14.8. The molecule has 2 heterocycles. The minimum absolute atomic E-state index is 0.0418. The molecule has 0 aromatic heterocycles. The molecule has 6 rings (SSSR count). The van der Waals surface area contributed by atoms with Gasteiger partial charge in [0.1, 0.15) is 23.6 Å². The van der Waals surface area contributed by atoms with Crippen LogP contribution in [-0.4, -0.2) is 89.5 Å². The van der Waals surface area contributed by atoms with Crippen molar-refractivity contribution in [2.45, 2.75) is 94.7 Å². The molecule has 5 atom stereocenters. The lowest BCUT2D eigenvalue weighted by Gasteiger charge is -2.37. The molecule has 4 amide bonds. The summed E-state index contributed by atoms with van der Waals surface area (Å²) in [7, 11) is -3.01. The third-order valence-corrected chi connectivity index (χ3v) is 13.4. The van der Waals surface area contributed by atoms with Crippen LogP contribution in [0.1, 0.15) is 68.9 Å². The molecule has 60 heavy (non-hydrogen) atoms. The van der Waals surface area contributed by atoms with Crippen LogP contribution in [0.4, 0.5) is 0 Å². The zero-order valence-electron chi connectivity index (χ0n) is 33.8. The number of benzene rings is 3. The van der Waals surface area contributed by atoms with Gasteiger partial charge < -0.3 is 45.7 Å². The predicted octanol–water partition coefficient (Wildman–Crippen LogP) is 4.02. The molecule has 1 aliphatic carbocycles. The fourth-order valence-electron chi connectivity index (χ4n) is 8.36. The van der Waals surface area contributed by atoms with Gasteiger partial charge in [-0.3, -0.25) is 29.0 Å². The number of ether oxygens (including phenoxy) is 1. The molecule has 320 valence electrons. The summed E-state index contributed by atoms with van der Waals surface area (Å²) in [5, 5.41) is 5.74. The van der Waals surface area contributed by atoms with E-state index in [1.54, 1.807) is 65.6 Å². The van der Waals surface area contributed by atoms with Crippen LogP contribution in [0.2, 0.25) is 0 Å². The van der Waals surface area contributed by atoms with E-state index in [2.05, 4.69) is 15.6 Å². The molecule has 3 unspecified atom stereocenters. The summed E-state index contributed by atoms with van der Waals surface area (Å²) < 4.78 is 32.0. The Morgan fingerprint density at radius 1 is 0.817 bits per heavy atom. The summed E-state index contributed by atoms with van der Waals surface area (Å²) >= 11 is 0. The van der Waals surface area contributed by atoms with Crippen LogP contribution in [-0.2, 0) is 46.2 Å². The van der Waals surface area contributed by atoms with Crippen molar-refractivity contribution in [2.75, 3.05) is 20.2 Å².